The zero-order valence-corrected chi connectivity index (χ0v) is 20.5. The number of hydrogen-bond donors (Lipinski definition) is 2. The summed E-state index contributed by atoms with van der Waals surface area (Å²) in [4.78, 5) is 21.5. The number of pyridine rings is 2. The number of amides is 1. The van der Waals surface area contributed by atoms with Crippen molar-refractivity contribution in [2.75, 3.05) is 12.4 Å². The lowest BCUT2D eigenvalue weighted by Gasteiger charge is -2.17. The summed E-state index contributed by atoms with van der Waals surface area (Å²) < 4.78 is 46.2. The van der Waals surface area contributed by atoms with E-state index in [4.69, 9.17) is 21.0 Å². The summed E-state index contributed by atoms with van der Waals surface area (Å²) in [5.41, 5.74) is 1.31. The van der Waals surface area contributed by atoms with Gasteiger partial charge in [0.2, 0.25) is 11.8 Å². The van der Waals surface area contributed by atoms with Crippen LogP contribution in [0.1, 0.15) is 29.5 Å². The molecular formula is C24H21BClF2N3O6. The Kier molecular flexibility index (Phi) is 6.42. The predicted molar refractivity (Wildman–Crippen MR) is 129 cm³/mol. The third kappa shape index (κ3) is 5.04. The number of alkyl halides is 2. The van der Waals surface area contributed by atoms with Crippen LogP contribution in [-0.4, -0.2) is 41.4 Å². The first kappa shape index (κ1) is 25.2. The van der Waals surface area contributed by atoms with Gasteiger partial charge in [-0.25, -0.2) is 9.97 Å². The molecule has 0 atom stereocenters. The van der Waals surface area contributed by atoms with Gasteiger partial charge in [-0.15, -0.1) is 8.78 Å². The minimum atomic E-state index is -3.73. The summed E-state index contributed by atoms with van der Waals surface area (Å²) >= 11 is 6.37. The van der Waals surface area contributed by atoms with Gasteiger partial charge < -0.3 is 29.2 Å². The number of nitrogens with one attached hydrogen (secondary N) is 1. The lowest BCUT2D eigenvalue weighted by Crippen LogP contribution is -2.33. The fraction of sp³-hybridized carbons (Fsp3) is 0.292. The Labute approximate surface area is 215 Å². The lowest BCUT2D eigenvalue weighted by atomic mass is 9.81. The predicted octanol–water partition coefficient (Wildman–Crippen LogP) is 3.34. The Morgan fingerprint density at radius 3 is 2.62 bits per heavy atom. The molecule has 2 aliphatic rings. The van der Waals surface area contributed by atoms with Crippen molar-refractivity contribution < 1.29 is 37.5 Å². The first-order valence-corrected chi connectivity index (χ1v) is 11.7. The van der Waals surface area contributed by atoms with E-state index in [2.05, 4.69) is 24.8 Å². The minimum Gasteiger partial charge on any atom is -0.481 e. The Morgan fingerprint density at radius 2 is 1.97 bits per heavy atom. The first-order valence-electron chi connectivity index (χ1n) is 11.3. The molecule has 1 amide bonds. The molecule has 1 aliphatic heterocycles. The molecule has 0 radical (unpaired) electrons. The van der Waals surface area contributed by atoms with Crippen LogP contribution in [0.4, 0.5) is 14.6 Å². The highest BCUT2D eigenvalue weighted by atomic mass is 35.5. The molecule has 3 heterocycles. The summed E-state index contributed by atoms with van der Waals surface area (Å²) in [5, 5.41) is 13.2. The van der Waals surface area contributed by atoms with E-state index in [1.54, 1.807) is 31.2 Å². The van der Waals surface area contributed by atoms with Crippen LogP contribution in [0.5, 0.6) is 17.4 Å². The summed E-state index contributed by atoms with van der Waals surface area (Å²) in [6.07, 6.45) is -1.23. The van der Waals surface area contributed by atoms with Gasteiger partial charge in [-0.2, -0.15) is 0 Å². The third-order valence-electron chi connectivity index (χ3n) is 6.32. The van der Waals surface area contributed by atoms with Crippen LogP contribution in [0.15, 0.2) is 42.6 Å². The SMILES string of the molecule is COc1ccc(B(O)OCc2c(C)cc(NC(=O)C3(c4ccc5c(c4)OC(F)(F)O5)CC3)nc2Cl)cn1. The number of aryl methyl sites for hydroxylation is 1. The number of nitrogens with zero attached hydrogens (tertiary/aromatic N) is 2. The Hall–Kier alpha value is -3.48. The third-order valence-corrected chi connectivity index (χ3v) is 6.63. The van der Waals surface area contributed by atoms with E-state index >= 15 is 0 Å². The van der Waals surface area contributed by atoms with Crippen LogP contribution in [0.3, 0.4) is 0 Å². The van der Waals surface area contributed by atoms with Gasteiger partial charge >= 0.3 is 13.4 Å². The number of halogens is 3. The standard InChI is InChI=1S/C24H21BClF2N3O6/c1-13-9-19(30-21(26)16(13)12-35-25(33)15-4-6-20(34-2)29-11-15)31-22(32)23(7-8-23)14-3-5-17-18(10-14)37-24(27,28)36-17/h3-6,9-11,33H,7-8,12H2,1-2H3,(H,30,31,32). The van der Waals surface area contributed by atoms with E-state index in [9.17, 15) is 18.6 Å². The van der Waals surface area contributed by atoms with Gasteiger partial charge in [-0.3, -0.25) is 4.79 Å². The quantitative estimate of drug-likeness (QED) is 0.336. The summed E-state index contributed by atoms with van der Waals surface area (Å²) in [7, 11) is 0.245. The smallest absolute Gasteiger partial charge is 0.481 e. The van der Waals surface area contributed by atoms with Gasteiger partial charge in [0.25, 0.3) is 0 Å². The second-order valence-corrected chi connectivity index (χ2v) is 9.11. The van der Waals surface area contributed by atoms with Crippen LogP contribution < -0.4 is 25.0 Å². The zero-order chi connectivity index (χ0) is 26.4. The molecule has 2 aromatic heterocycles. The van der Waals surface area contributed by atoms with Gasteiger partial charge in [0.05, 0.1) is 19.1 Å². The molecule has 0 bridgehead atoms. The van der Waals surface area contributed by atoms with Crippen LogP contribution in [0.25, 0.3) is 0 Å². The van der Waals surface area contributed by atoms with Gasteiger partial charge in [-0.05, 0) is 55.2 Å². The molecule has 1 fully saturated rings. The average molecular weight is 532 g/mol. The van der Waals surface area contributed by atoms with Gasteiger partial charge in [0, 0.05) is 17.2 Å². The highest BCUT2D eigenvalue weighted by Gasteiger charge is 2.53. The number of methoxy groups -OCH3 is 1. The van der Waals surface area contributed by atoms with Crippen LogP contribution >= 0.6 is 11.6 Å². The fourth-order valence-electron chi connectivity index (χ4n) is 4.07. The highest BCUT2D eigenvalue weighted by Crippen LogP contribution is 2.52. The Morgan fingerprint density at radius 1 is 1.22 bits per heavy atom. The average Bonchev–Trinajstić information content (AvgIpc) is 3.60. The van der Waals surface area contributed by atoms with Gasteiger partial charge in [0.1, 0.15) is 11.0 Å². The van der Waals surface area contributed by atoms with Crippen molar-refractivity contribution >= 4 is 35.9 Å². The van der Waals surface area contributed by atoms with Gasteiger partial charge in [-0.1, -0.05) is 23.7 Å². The van der Waals surface area contributed by atoms with Crippen molar-refractivity contribution in [3.63, 3.8) is 0 Å². The number of aromatic nitrogens is 2. The number of carbonyl (C=O) groups excluding carboxylic acids is 1. The molecule has 5 rings (SSSR count). The second kappa shape index (κ2) is 9.44. The lowest BCUT2D eigenvalue weighted by molar-refractivity contribution is -0.286. The fourth-order valence-corrected chi connectivity index (χ4v) is 4.36. The molecule has 3 aromatic rings. The topological polar surface area (TPSA) is 112 Å². The molecular weight excluding hydrogens is 511 g/mol. The molecule has 37 heavy (non-hydrogen) atoms. The number of benzene rings is 1. The summed E-state index contributed by atoms with van der Waals surface area (Å²) in [5.74, 6) is 0.0997. The highest BCUT2D eigenvalue weighted by molar-refractivity contribution is 6.59. The molecule has 0 spiro atoms. The van der Waals surface area contributed by atoms with E-state index < -0.39 is 18.8 Å². The van der Waals surface area contributed by atoms with Crippen molar-refractivity contribution in [2.24, 2.45) is 0 Å². The van der Waals surface area contributed by atoms with Crippen molar-refractivity contribution in [1.29, 1.82) is 0 Å². The van der Waals surface area contributed by atoms with Crippen LogP contribution in [-0.2, 0) is 21.5 Å². The van der Waals surface area contributed by atoms with Gasteiger partial charge in [0.15, 0.2) is 11.5 Å². The Balaban J connectivity index is 1.26. The number of ether oxygens (including phenoxy) is 3. The monoisotopic (exact) mass is 531 g/mol. The largest absolute Gasteiger partial charge is 0.586 e. The number of carbonyl (C=O) groups is 1. The van der Waals surface area contributed by atoms with Crippen molar-refractivity contribution in [3.05, 3.63) is 64.4 Å². The normalized spacial score (nSPS) is 16.3. The number of fused-ring (bicyclic) bond motifs is 1. The molecule has 13 heteroatoms. The number of anilines is 1. The summed E-state index contributed by atoms with van der Waals surface area (Å²) in [6.45, 7) is 1.74. The molecule has 2 N–H and O–H groups in total. The number of rotatable bonds is 8. The van der Waals surface area contributed by atoms with E-state index in [1.807, 2.05) is 0 Å². The number of hydrogen-bond acceptors (Lipinski definition) is 8. The maximum Gasteiger partial charge on any atom is 0.586 e. The zero-order valence-electron chi connectivity index (χ0n) is 19.8. The molecule has 1 saturated carbocycles. The molecule has 1 aromatic carbocycles. The molecule has 9 nitrogen and oxygen atoms in total. The molecule has 0 unspecified atom stereocenters. The molecule has 1 aliphatic carbocycles. The van der Waals surface area contributed by atoms with Crippen LogP contribution in [0, 0.1) is 6.92 Å². The second-order valence-electron chi connectivity index (χ2n) is 8.76. The Bertz CT molecular complexity index is 1330. The van der Waals surface area contributed by atoms with E-state index in [0.717, 1.165) is 0 Å². The van der Waals surface area contributed by atoms with E-state index in [-0.39, 0.29) is 35.0 Å². The molecule has 192 valence electrons. The minimum absolute atomic E-state index is 0.0368. The maximum atomic E-state index is 13.4. The van der Waals surface area contributed by atoms with E-state index in [1.165, 1.54) is 25.4 Å². The van der Waals surface area contributed by atoms with Crippen molar-refractivity contribution in [1.82, 2.24) is 9.97 Å². The van der Waals surface area contributed by atoms with E-state index in [0.29, 0.717) is 40.9 Å². The van der Waals surface area contributed by atoms with Crippen LogP contribution in [0.2, 0.25) is 5.15 Å². The first-order chi connectivity index (χ1) is 17.6. The summed E-state index contributed by atoms with van der Waals surface area (Å²) in [6, 6.07) is 9.21. The molecule has 0 saturated heterocycles. The van der Waals surface area contributed by atoms with Crippen molar-refractivity contribution in [3.8, 4) is 17.4 Å². The maximum absolute atomic E-state index is 13.4. The van der Waals surface area contributed by atoms with Crippen molar-refractivity contribution in [2.45, 2.75) is 38.1 Å².